The van der Waals surface area contributed by atoms with E-state index in [2.05, 4.69) is 51.5 Å². The van der Waals surface area contributed by atoms with Gasteiger partial charge in [0.1, 0.15) is 17.3 Å². The normalized spacial score (nSPS) is 10.5. The molecular formula is C23H27N5O. The largest absolute Gasteiger partial charge is 0.372 e. The Morgan fingerprint density at radius 3 is 2.31 bits per heavy atom. The standard InChI is InChI=1S/C23H27N5O/c1-5-28(6-2)19-13-11-18(12-14-19)26-22-15-21(24-17(4)25-22)23(29)27-20-10-8-7-9-16(20)3/h7-15H,5-6H2,1-4H3,(H,27,29)(H,24,25,26). The molecule has 0 aliphatic rings. The number of para-hydroxylation sites is 1. The molecule has 0 saturated heterocycles. The van der Waals surface area contributed by atoms with E-state index in [4.69, 9.17) is 0 Å². The third kappa shape index (κ3) is 5.10. The fourth-order valence-corrected chi connectivity index (χ4v) is 3.14. The van der Waals surface area contributed by atoms with Gasteiger partial charge in [0.2, 0.25) is 0 Å². The zero-order valence-electron chi connectivity index (χ0n) is 17.4. The van der Waals surface area contributed by atoms with Crippen LogP contribution >= 0.6 is 0 Å². The van der Waals surface area contributed by atoms with Crippen molar-refractivity contribution >= 4 is 28.8 Å². The summed E-state index contributed by atoms with van der Waals surface area (Å²) in [4.78, 5) is 23.7. The number of rotatable bonds is 7. The molecule has 0 aliphatic carbocycles. The quantitative estimate of drug-likeness (QED) is 0.599. The van der Waals surface area contributed by atoms with Gasteiger partial charge in [-0.15, -0.1) is 0 Å². The number of amides is 1. The van der Waals surface area contributed by atoms with Crippen molar-refractivity contribution in [1.82, 2.24) is 9.97 Å². The van der Waals surface area contributed by atoms with Crippen LogP contribution in [0.5, 0.6) is 0 Å². The molecule has 0 unspecified atom stereocenters. The number of hydrogen-bond donors (Lipinski definition) is 2. The number of anilines is 4. The lowest BCUT2D eigenvalue weighted by atomic mass is 10.2. The third-order valence-electron chi connectivity index (χ3n) is 4.73. The molecule has 1 aromatic heterocycles. The number of nitrogens with one attached hydrogen (secondary N) is 2. The van der Waals surface area contributed by atoms with Gasteiger partial charge in [-0.3, -0.25) is 4.79 Å². The summed E-state index contributed by atoms with van der Waals surface area (Å²) in [6, 6.07) is 17.5. The summed E-state index contributed by atoms with van der Waals surface area (Å²) < 4.78 is 0. The van der Waals surface area contributed by atoms with E-state index in [9.17, 15) is 4.79 Å². The van der Waals surface area contributed by atoms with E-state index in [-0.39, 0.29) is 5.91 Å². The molecule has 0 bridgehead atoms. The minimum Gasteiger partial charge on any atom is -0.372 e. The molecule has 0 atom stereocenters. The van der Waals surface area contributed by atoms with Gasteiger partial charge in [-0.25, -0.2) is 9.97 Å². The van der Waals surface area contributed by atoms with Crippen molar-refractivity contribution in [3.05, 3.63) is 71.7 Å². The fraction of sp³-hybridized carbons (Fsp3) is 0.261. The second-order valence-corrected chi connectivity index (χ2v) is 6.80. The zero-order valence-corrected chi connectivity index (χ0v) is 17.4. The van der Waals surface area contributed by atoms with Crippen molar-refractivity contribution < 1.29 is 4.79 Å². The minimum absolute atomic E-state index is 0.260. The van der Waals surface area contributed by atoms with Gasteiger partial charge in [0.05, 0.1) is 0 Å². The van der Waals surface area contributed by atoms with Crippen LogP contribution in [0, 0.1) is 13.8 Å². The molecule has 0 radical (unpaired) electrons. The molecule has 3 rings (SSSR count). The fourth-order valence-electron chi connectivity index (χ4n) is 3.14. The Hall–Kier alpha value is -3.41. The van der Waals surface area contributed by atoms with Gasteiger partial charge >= 0.3 is 0 Å². The van der Waals surface area contributed by atoms with Crippen LogP contribution in [-0.2, 0) is 0 Å². The van der Waals surface area contributed by atoms with Gasteiger partial charge in [0, 0.05) is 36.2 Å². The van der Waals surface area contributed by atoms with E-state index < -0.39 is 0 Å². The lowest BCUT2D eigenvalue weighted by molar-refractivity contribution is 0.102. The van der Waals surface area contributed by atoms with Crippen molar-refractivity contribution in [3.8, 4) is 0 Å². The molecular weight excluding hydrogens is 362 g/mol. The van der Waals surface area contributed by atoms with Gasteiger partial charge in [-0.1, -0.05) is 18.2 Å². The molecule has 2 aromatic carbocycles. The van der Waals surface area contributed by atoms with Gasteiger partial charge in [0.15, 0.2) is 0 Å². The number of aromatic nitrogens is 2. The minimum atomic E-state index is -0.260. The van der Waals surface area contributed by atoms with Crippen molar-refractivity contribution in [2.75, 3.05) is 28.6 Å². The van der Waals surface area contributed by atoms with Crippen LogP contribution in [0.1, 0.15) is 35.7 Å². The van der Waals surface area contributed by atoms with Crippen molar-refractivity contribution in [2.45, 2.75) is 27.7 Å². The maximum absolute atomic E-state index is 12.7. The van der Waals surface area contributed by atoms with Crippen molar-refractivity contribution in [3.63, 3.8) is 0 Å². The smallest absolute Gasteiger partial charge is 0.274 e. The van der Waals surface area contributed by atoms with Crippen molar-refractivity contribution in [1.29, 1.82) is 0 Å². The number of aryl methyl sites for hydroxylation is 2. The first kappa shape index (κ1) is 20.3. The predicted molar refractivity (Wildman–Crippen MR) is 119 cm³/mol. The highest BCUT2D eigenvalue weighted by molar-refractivity contribution is 6.03. The monoisotopic (exact) mass is 389 g/mol. The topological polar surface area (TPSA) is 70.2 Å². The molecule has 0 fully saturated rings. The molecule has 0 aliphatic heterocycles. The Morgan fingerprint density at radius 2 is 1.66 bits per heavy atom. The van der Waals surface area contributed by atoms with Crippen LogP contribution in [0.2, 0.25) is 0 Å². The summed E-state index contributed by atoms with van der Waals surface area (Å²) in [5.41, 5.74) is 4.18. The Kier molecular flexibility index (Phi) is 6.44. The molecule has 1 amide bonds. The molecule has 3 aromatic rings. The van der Waals surface area contributed by atoms with Gasteiger partial charge in [-0.05, 0) is 63.6 Å². The number of nitrogens with zero attached hydrogens (tertiary/aromatic N) is 3. The molecule has 0 spiro atoms. The van der Waals surface area contributed by atoms with Crippen molar-refractivity contribution in [2.24, 2.45) is 0 Å². The van der Waals surface area contributed by atoms with Gasteiger partial charge in [-0.2, -0.15) is 0 Å². The highest BCUT2D eigenvalue weighted by atomic mass is 16.1. The van der Waals surface area contributed by atoms with E-state index in [1.807, 2.05) is 43.3 Å². The van der Waals surface area contributed by atoms with Crippen LogP contribution < -0.4 is 15.5 Å². The summed E-state index contributed by atoms with van der Waals surface area (Å²) in [6.07, 6.45) is 0. The summed E-state index contributed by atoms with van der Waals surface area (Å²) in [5.74, 6) is 0.859. The highest BCUT2D eigenvalue weighted by Crippen LogP contribution is 2.21. The van der Waals surface area contributed by atoms with E-state index in [0.29, 0.717) is 17.3 Å². The lowest BCUT2D eigenvalue weighted by Crippen LogP contribution is -2.21. The first-order valence-electron chi connectivity index (χ1n) is 9.84. The molecule has 6 nitrogen and oxygen atoms in total. The van der Waals surface area contributed by atoms with E-state index in [1.54, 1.807) is 13.0 Å². The van der Waals surface area contributed by atoms with Gasteiger partial charge in [0.25, 0.3) is 5.91 Å². The number of carbonyl (C=O) groups excluding carboxylic acids is 1. The van der Waals surface area contributed by atoms with E-state index >= 15 is 0 Å². The molecule has 1 heterocycles. The summed E-state index contributed by atoms with van der Waals surface area (Å²) in [7, 11) is 0. The maximum Gasteiger partial charge on any atom is 0.274 e. The Balaban J connectivity index is 1.77. The maximum atomic E-state index is 12.7. The molecule has 2 N–H and O–H groups in total. The summed E-state index contributed by atoms with van der Waals surface area (Å²) in [6.45, 7) is 9.95. The average Bonchev–Trinajstić information content (AvgIpc) is 2.71. The summed E-state index contributed by atoms with van der Waals surface area (Å²) >= 11 is 0. The average molecular weight is 390 g/mol. The molecule has 0 saturated carbocycles. The van der Waals surface area contributed by atoms with Crippen LogP contribution in [0.25, 0.3) is 0 Å². The number of carbonyl (C=O) groups is 1. The SMILES string of the molecule is CCN(CC)c1ccc(Nc2cc(C(=O)Nc3ccccc3C)nc(C)n2)cc1. The zero-order chi connectivity index (χ0) is 20.8. The Bertz CT molecular complexity index is 981. The first-order valence-corrected chi connectivity index (χ1v) is 9.84. The second kappa shape index (κ2) is 9.19. The van der Waals surface area contributed by atoms with Crippen LogP contribution in [0.15, 0.2) is 54.6 Å². The van der Waals surface area contributed by atoms with Crippen LogP contribution in [-0.4, -0.2) is 29.0 Å². The molecule has 6 heteroatoms. The Morgan fingerprint density at radius 1 is 0.966 bits per heavy atom. The van der Waals surface area contributed by atoms with Gasteiger partial charge < -0.3 is 15.5 Å². The second-order valence-electron chi connectivity index (χ2n) is 6.80. The number of benzene rings is 2. The number of hydrogen-bond acceptors (Lipinski definition) is 5. The van der Waals surface area contributed by atoms with Crippen LogP contribution in [0.4, 0.5) is 22.9 Å². The Labute approximate surface area is 172 Å². The predicted octanol–water partition coefficient (Wildman–Crippen LogP) is 4.94. The van der Waals surface area contributed by atoms with E-state index in [1.165, 1.54) is 5.69 Å². The van der Waals surface area contributed by atoms with Crippen LogP contribution in [0.3, 0.4) is 0 Å². The molecule has 29 heavy (non-hydrogen) atoms. The summed E-state index contributed by atoms with van der Waals surface area (Å²) in [5, 5.41) is 6.18. The third-order valence-corrected chi connectivity index (χ3v) is 4.73. The molecule has 150 valence electrons. The van der Waals surface area contributed by atoms with E-state index in [0.717, 1.165) is 30.0 Å². The highest BCUT2D eigenvalue weighted by Gasteiger charge is 2.12. The lowest BCUT2D eigenvalue weighted by Gasteiger charge is -2.21. The first-order chi connectivity index (χ1) is 14.0.